The maximum Gasteiger partial charge on any atom is 0.306 e. The first-order chi connectivity index (χ1) is 11.5. The van der Waals surface area contributed by atoms with E-state index in [-0.39, 0.29) is 17.4 Å². The molecule has 6 heteroatoms. The fraction of sp³-hybridized carbons (Fsp3) is 0.895. The Labute approximate surface area is 152 Å². The molecule has 6 nitrogen and oxygen atoms in total. The lowest BCUT2D eigenvalue weighted by atomic mass is 9.88. The number of ketones is 1. The van der Waals surface area contributed by atoms with Crippen molar-refractivity contribution in [1.29, 1.82) is 0 Å². The first kappa shape index (κ1) is 24.0. The number of carbonyl (C=O) groups is 2. The molecule has 0 aromatic rings. The largest absolute Gasteiger partial charge is 0.481 e. The van der Waals surface area contributed by atoms with Crippen molar-refractivity contribution in [2.75, 3.05) is 27.7 Å². The van der Waals surface area contributed by atoms with Crippen LogP contribution in [0.5, 0.6) is 0 Å². The standard InChI is InChI=1S/C19H37NO5/c1-5-6-7-8-9-10-11-12-16(21)13-17(22)19(25,14-18(23)24)15-20(2,3)4/h16,21,25H,5-15H2,1-4H3/p+1. The van der Waals surface area contributed by atoms with Gasteiger partial charge in [0.05, 0.1) is 33.7 Å². The summed E-state index contributed by atoms with van der Waals surface area (Å²) in [6.07, 6.45) is 6.76. The maximum atomic E-state index is 12.4. The summed E-state index contributed by atoms with van der Waals surface area (Å²) in [6.45, 7) is 2.18. The van der Waals surface area contributed by atoms with Crippen LogP contribution in [-0.4, -0.2) is 70.9 Å². The average molecular weight is 361 g/mol. The molecule has 0 aromatic carbocycles. The summed E-state index contributed by atoms with van der Waals surface area (Å²) >= 11 is 0. The first-order valence-electron chi connectivity index (χ1n) is 9.46. The number of likely N-dealkylation sites (N-methyl/N-ethyl adjacent to an activating group) is 1. The fourth-order valence-corrected chi connectivity index (χ4v) is 3.12. The van der Waals surface area contributed by atoms with Gasteiger partial charge in [-0.25, -0.2) is 0 Å². The minimum atomic E-state index is -1.94. The van der Waals surface area contributed by atoms with Gasteiger partial charge < -0.3 is 19.8 Å². The van der Waals surface area contributed by atoms with Gasteiger partial charge in [-0.2, -0.15) is 0 Å². The molecule has 3 N–H and O–H groups in total. The molecule has 2 unspecified atom stereocenters. The topological polar surface area (TPSA) is 94.8 Å². The summed E-state index contributed by atoms with van der Waals surface area (Å²) in [6, 6.07) is 0. The minimum absolute atomic E-state index is 0.00226. The third-order valence-corrected chi connectivity index (χ3v) is 4.26. The van der Waals surface area contributed by atoms with Crippen molar-refractivity contribution in [2.24, 2.45) is 0 Å². The predicted molar refractivity (Wildman–Crippen MR) is 98.3 cm³/mol. The Hall–Kier alpha value is -0.980. The van der Waals surface area contributed by atoms with Crippen LogP contribution in [0.15, 0.2) is 0 Å². The van der Waals surface area contributed by atoms with Crippen LogP contribution < -0.4 is 0 Å². The zero-order valence-electron chi connectivity index (χ0n) is 16.5. The number of carbonyl (C=O) groups excluding carboxylic acids is 1. The van der Waals surface area contributed by atoms with Gasteiger partial charge in [0.1, 0.15) is 6.54 Å². The number of hydrogen-bond acceptors (Lipinski definition) is 4. The van der Waals surface area contributed by atoms with E-state index >= 15 is 0 Å². The lowest BCUT2D eigenvalue weighted by Gasteiger charge is -2.34. The number of Topliss-reactive ketones (excluding diaryl/α,β-unsaturated/α-hetero) is 1. The van der Waals surface area contributed by atoms with E-state index in [0.717, 1.165) is 19.3 Å². The van der Waals surface area contributed by atoms with Gasteiger partial charge in [0, 0.05) is 6.42 Å². The molecule has 0 aliphatic heterocycles. The highest BCUT2D eigenvalue weighted by Crippen LogP contribution is 2.20. The summed E-state index contributed by atoms with van der Waals surface area (Å²) < 4.78 is 0.267. The van der Waals surface area contributed by atoms with Gasteiger partial charge in [-0.1, -0.05) is 51.9 Å². The van der Waals surface area contributed by atoms with E-state index in [1.54, 1.807) is 21.1 Å². The number of carboxylic acids is 1. The van der Waals surface area contributed by atoms with Crippen molar-refractivity contribution in [3.05, 3.63) is 0 Å². The van der Waals surface area contributed by atoms with Gasteiger partial charge in [0.2, 0.25) is 0 Å². The lowest BCUT2D eigenvalue weighted by molar-refractivity contribution is -0.875. The van der Waals surface area contributed by atoms with Crippen LogP contribution in [0.3, 0.4) is 0 Å². The van der Waals surface area contributed by atoms with Gasteiger partial charge in [-0.3, -0.25) is 9.59 Å². The molecule has 0 aliphatic carbocycles. The number of hydrogen-bond donors (Lipinski definition) is 3. The molecule has 0 saturated heterocycles. The van der Waals surface area contributed by atoms with Gasteiger partial charge in [-0.05, 0) is 6.42 Å². The Kier molecular flexibility index (Phi) is 11.1. The van der Waals surface area contributed by atoms with Crippen molar-refractivity contribution >= 4 is 11.8 Å². The van der Waals surface area contributed by atoms with Gasteiger partial charge in [0.15, 0.2) is 11.4 Å². The van der Waals surface area contributed by atoms with Crippen LogP contribution in [-0.2, 0) is 9.59 Å². The molecule has 0 spiro atoms. The second kappa shape index (κ2) is 11.6. The van der Waals surface area contributed by atoms with E-state index in [1.165, 1.54) is 25.7 Å². The van der Waals surface area contributed by atoms with Crippen LogP contribution in [0.1, 0.15) is 71.1 Å². The quantitative estimate of drug-likeness (QED) is 0.308. The molecule has 25 heavy (non-hydrogen) atoms. The molecule has 0 aromatic heterocycles. The minimum Gasteiger partial charge on any atom is -0.481 e. The van der Waals surface area contributed by atoms with E-state index in [9.17, 15) is 19.8 Å². The second-order valence-corrected chi connectivity index (χ2v) is 8.24. The highest BCUT2D eigenvalue weighted by Gasteiger charge is 2.43. The number of quaternary nitrogens is 1. The number of carboxylic acid groups (broad SMARTS) is 1. The van der Waals surface area contributed by atoms with Gasteiger partial charge in [-0.15, -0.1) is 0 Å². The van der Waals surface area contributed by atoms with Crippen LogP contribution >= 0.6 is 0 Å². The lowest BCUT2D eigenvalue weighted by Crippen LogP contribution is -2.55. The summed E-state index contributed by atoms with van der Waals surface area (Å²) in [7, 11) is 5.36. The van der Waals surface area contributed by atoms with Crippen LogP contribution in [0.4, 0.5) is 0 Å². The van der Waals surface area contributed by atoms with E-state index in [2.05, 4.69) is 6.92 Å². The summed E-state index contributed by atoms with van der Waals surface area (Å²) in [5.41, 5.74) is -1.94. The third kappa shape index (κ3) is 12.1. The monoisotopic (exact) mass is 360 g/mol. The normalized spacial score (nSPS) is 15.6. The molecule has 0 saturated carbocycles. The SMILES string of the molecule is CCCCCCCCCC(O)CC(=O)C(O)(CC(=O)O)C[N+](C)(C)C. The van der Waals surface area contributed by atoms with Crippen molar-refractivity contribution in [3.63, 3.8) is 0 Å². The molecule has 2 atom stereocenters. The Morgan fingerprint density at radius 3 is 2.00 bits per heavy atom. The van der Waals surface area contributed by atoms with Crippen LogP contribution in [0, 0.1) is 0 Å². The van der Waals surface area contributed by atoms with Crippen LogP contribution in [0.25, 0.3) is 0 Å². The maximum absolute atomic E-state index is 12.4. The summed E-state index contributed by atoms with van der Waals surface area (Å²) in [4.78, 5) is 23.4. The molecule has 0 heterocycles. The Morgan fingerprint density at radius 1 is 1.00 bits per heavy atom. The highest BCUT2D eigenvalue weighted by atomic mass is 16.4. The fourth-order valence-electron chi connectivity index (χ4n) is 3.12. The molecule has 0 amide bonds. The number of nitrogens with zero attached hydrogens (tertiary/aromatic N) is 1. The summed E-state index contributed by atoms with van der Waals surface area (Å²) in [5, 5.41) is 29.7. The molecule has 0 fully saturated rings. The molecule has 0 bridgehead atoms. The molecular weight excluding hydrogens is 322 g/mol. The van der Waals surface area contributed by atoms with E-state index < -0.39 is 29.9 Å². The Morgan fingerprint density at radius 2 is 1.52 bits per heavy atom. The van der Waals surface area contributed by atoms with Crippen LogP contribution in [0.2, 0.25) is 0 Å². The van der Waals surface area contributed by atoms with Crippen molar-refractivity contribution in [1.82, 2.24) is 0 Å². The number of aliphatic hydroxyl groups is 2. The number of aliphatic carboxylic acids is 1. The molecular formula is C19H38NO5+. The number of unbranched alkanes of at least 4 members (excludes halogenated alkanes) is 6. The third-order valence-electron chi connectivity index (χ3n) is 4.26. The number of rotatable bonds is 15. The second-order valence-electron chi connectivity index (χ2n) is 8.24. The van der Waals surface area contributed by atoms with Crippen molar-refractivity contribution < 1.29 is 29.4 Å². The van der Waals surface area contributed by atoms with E-state index in [4.69, 9.17) is 5.11 Å². The van der Waals surface area contributed by atoms with Gasteiger partial charge >= 0.3 is 5.97 Å². The summed E-state index contributed by atoms with van der Waals surface area (Å²) in [5.74, 6) is -1.80. The zero-order chi connectivity index (χ0) is 19.5. The van der Waals surface area contributed by atoms with E-state index in [0.29, 0.717) is 6.42 Å². The zero-order valence-corrected chi connectivity index (χ0v) is 16.5. The van der Waals surface area contributed by atoms with Crippen molar-refractivity contribution in [2.45, 2.75) is 82.8 Å². The smallest absolute Gasteiger partial charge is 0.306 e. The Balaban J connectivity index is 4.37. The number of aliphatic hydroxyl groups excluding tert-OH is 1. The molecule has 0 aliphatic rings. The van der Waals surface area contributed by atoms with Crippen molar-refractivity contribution in [3.8, 4) is 0 Å². The first-order valence-corrected chi connectivity index (χ1v) is 9.46. The highest BCUT2D eigenvalue weighted by molar-refractivity contribution is 5.91. The van der Waals surface area contributed by atoms with E-state index in [1.807, 2.05) is 0 Å². The Bertz CT molecular complexity index is 405. The average Bonchev–Trinajstić information content (AvgIpc) is 2.43. The molecule has 0 radical (unpaired) electrons. The molecule has 0 rings (SSSR count). The van der Waals surface area contributed by atoms with Gasteiger partial charge in [0.25, 0.3) is 0 Å². The predicted octanol–water partition coefficient (Wildman–Crippen LogP) is 2.36. The molecule has 148 valence electrons.